The van der Waals surface area contributed by atoms with Gasteiger partial charge in [0.1, 0.15) is 16.6 Å². The molecule has 19 heavy (non-hydrogen) atoms. The smallest absolute Gasteiger partial charge is 0.135 e. The van der Waals surface area contributed by atoms with Crippen LogP contribution in [0.1, 0.15) is 35.8 Å². The topological polar surface area (TPSA) is 60.2 Å². The zero-order chi connectivity index (χ0) is 14.2. The highest BCUT2D eigenvalue weighted by atomic mass is 32.1. The van der Waals surface area contributed by atoms with Gasteiger partial charge in [-0.1, -0.05) is 13.8 Å². The third-order valence-electron chi connectivity index (χ3n) is 3.40. The number of rotatable bonds is 4. The van der Waals surface area contributed by atoms with E-state index in [4.69, 9.17) is 5.41 Å². The first-order valence-corrected chi connectivity index (χ1v) is 7.42. The maximum Gasteiger partial charge on any atom is 0.135 e. The van der Waals surface area contributed by atoms with Crippen molar-refractivity contribution < 1.29 is 5.11 Å². The fourth-order valence-electron chi connectivity index (χ4n) is 2.04. The molecule has 4 nitrogen and oxygen atoms in total. The molecule has 0 unspecified atom stereocenters. The zero-order valence-electron chi connectivity index (χ0n) is 11.9. The number of aliphatic hydroxyl groups is 1. The maximum atomic E-state index is 10.1. The van der Waals surface area contributed by atoms with Crippen LogP contribution in [0, 0.1) is 25.2 Å². The number of nitrogens with one attached hydrogen (secondary N) is 1. The van der Waals surface area contributed by atoms with E-state index in [2.05, 4.69) is 18.8 Å². The Balaban J connectivity index is 2.18. The summed E-state index contributed by atoms with van der Waals surface area (Å²) in [5, 5.41) is 19.1. The van der Waals surface area contributed by atoms with Gasteiger partial charge in [0.25, 0.3) is 0 Å². The van der Waals surface area contributed by atoms with Crippen LogP contribution in [-0.4, -0.2) is 33.9 Å². The van der Waals surface area contributed by atoms with E-state index in [9.17, 15) is 5.11 Å². The molecule has 104 valence electrons. The molecular formula is C14H21N3OS. The highest BCUT2D eigenvalue weighted by Gasteiger charge is 2.30. The predicted molar refractivity (Wildman–Crippen MR) is 79.9 cm³/mol. The summed E-state index contributed by atoms with van der Waals surface area (Å²) in [6.45, 7) is 9.57. The molecule has 1 aliphatic heterocycles. The van der Waals surface area contributed by atoms with Crippen molar-refractivity contribution in [2.24, 2.45) is 5.92 Å². The molecule has 1 aromatic heterocycles. The summed E-state index contributed by atoms with van der Waals surface area (Å²) in [6.07, 6.45) is 1.03. The van der Waals surface area contributed by atoms with E-state index in [1.54, 1.807) is 11.3 Å². The quantitative estimate of drug-likeness (QED) is 0.888. The number of aromatic nitrogens is 1. The van der Waals surface area contributed by atoms with Gasteiger partial charge in [-0.05, 0) is 26.2 Å². The summed E-state index contributed by atoms with van der Waals surface area (Å²) in [4.78, 5) is 7.53. The minimum atomic E-state index is 0.280. The summed E-state index contributed by atoms with van der Waals surface area (Å²) < 4.78 is 0. The Morgan fingerprint density at radius 3 is 2.63 bits per heavy atom. The van der Waals surface area contributed by atoms with E-state index >= 15 is 0 Å². The third kappa shape index (κ3) is 2.81. The van der Waals surface area contributed by atoms with Gasteiger partial charge in [0.15, 0.2) is 0 Å². The van der Waals surface area contributed by atoms with Crippen LogP contribution in [0.2, 0.25) is 0 Å². The van der Waals surface area contributed by atoms with Crippen molar-refractivity contribution in [1.82, 2.24) is 9.88 Å². The van der Waals surface area contributed by atoms with E-state index in [1.165, 1.54) is 0 Å². The first kappa shape index (κ1) is 14.1. The van der Waals surface area contributed by atoms with Crippen molar-refractivity contribution in [2.75, 3.05) is 13.1 Å². The molecule has 0 radical (unpaired) electrons. The van der Waals surface area contributed by atoms with Crippen LogP contribution in [-0.2, 0) is 0 Å². The van der Waals surface area contributed by atoms with Gasteiger partial charge in [-0.15, -0.1) is 11.3 Å². The Labute approximate surface area is 118 Å². The lowest BCUT2D eigenvalue weighted by atomic mass is 10.1. The lowest BCUT2D eigenvalue weighted by Gasteiger charge is -2.19. The lowest BCUT2D eigenvalue weighted by Crippen LogP contribution is -2.28. The largest absolute Gasteiger partial charge is 0.510 e. The Kier molecular flexibility index (Phi) is 3.94. The molecule has 2 heterocycles. The highest BCUT2D eigenvalue weighted by molar-refractivity contribution is 7.13. The predicted octanol–water partition coefficient (Wildman–Crippen LogP) is 3.37. The monoisotopic (exact) mass is 279 g/mol. The Bertz CT molecular complexity index is 511. The molecule has 0 atom stereocenters. The molecule has 0 aromatic carbocycles. The molecule has 2 N–H and O–H groups in total. The second-order valence-electron chi connectivity index (χ2n) is 5.43. The fourth-order valence-corrected chi connectivity index (χ4v) is 3.03. The number of nitrogens with zero attached hydrogens (tertiary/aromatic N) is 2. The van der Waals surface area contributed by atoms with E-state index in [0.29, 0.717) is 23.9 Å². The molecule has 0 fully saturated rings. The van der Waals surface area contributed by atoms with Gasteiger partial charge in [-0.25, -0.2) is 4.98 Å². The van der Waals surface area contributed by atoms with Gasteiger partial charge in [0.2, 0.25) is 0 Å². The minimum absolute atomic E-state index is 0.280. The zero-order valence-corrected chi connectivity index (χ0v) is 12.8. The van der Waals surface area contributed by atoms with Crippen LogP contribution in [0.3, 0.4) is 0 Å². The number of aliphatic hydroxyl groups excluding tert-OH is 1. The molecule has 5 heteroatoms. The van der Waals surface area contributed by atoms with Gasteiger partial charge >= 0.3 is 0 Å². The van der Waals surface area contributed by atoms with E-state index in [-0.39, 0.29) is 5.76 Å². The maximum absolute atomic E-state index is 10.1. The second kappa shape index (κ2) is 5.33. The summed E-state index contributed by atoms with van der Waals surface area (Å²) in [5.74, 6) is 1.29. The van der Waals surface area contributed by atoms with Crippen LogP contribution < -0.4 is 0 Å². The molecule has 0 amide bonds. The Morgan fingerprint density at radius 1 is 1.42 bits per heavy atom. The number of amidine groups is 1. The standard InChI is InChI=1S/C14H21N3OS/c1-8(2)5-6-17-7-11(18)12(13(17)15)14-16-9(3)10(4)19-14/h8,15,18H,5-7H2,1-4H3. The average molecular weight is 279 g/mol. The van der Waals surface area contributed by atoms with Gasteiger partial charge in [0, 0.05) is 11.4 Å². The van der Waals surface area contributed by atoms with Crippen molar-refractivity contribution in [1.29, 1.82) is 5.41 Å². The van der Waals surface area contributed by atoms with Crippen molar-refractivity contribution in [3.05, 3.63) is 21.3 Å². The molecule has 0 saturated heterocycles. The lowest BCUT2D eigenvalue weighted by molar-refractivity contribution is 0.337. The number of hydrogen-bond donors (Lipinski definition) is 2. The van der Waals surface area contributed by atoms with E-state index in [1.807, 2.05) is 18.7 Å². The van der Waals surface area contributed by atoms with Crippen molar-refractivity contribution in [3.8, 4) is 0 Å². The van der Waals surface area contributed by atoms with Crippen LogP contribution in [0.4, 0.5) is 0 Å². The SMILES string of the molecule is Cc1nc(C2=C(O)CN(CCC(C)C)C2=N)sc1C. The Morgan fingerprint density at radius 2 is 2.11 bits per heavy atom. The molecular weight excluding hydrogens is 258 g/mol. The van der Waals surface area contributed by atoms with Gasteiger partial charge in [-0.3, -0.25) is 5.41 Å². The van der Waals surface area contributed by atoms with Gasteiger partial charge in [-0.2, -0.15) is 0 Å². The second-order valence-corrected chi connectivity index (χ2v) is 6.64. The molecule has 0 aliphatic carbocycles. The number of thiazole rings is 1. The number of hydrogen-bond acceptors (Lipinski definition) is 4. The first-order chi connectivity index (χ1) is 8.90. The summed E-state index contributed by atoms with van der Waals surface area (Å²) >= 11 is 1.55. The average Bonchev–Trinajstić information content (AvgIpc) is 2.77. The van der Waals surface area contributed by atoms with Crippen LogP contribution in [0.5, 0.6) is 0 Å². The Hall–Kier alpha value is -1.36. The van der Waals surface area contributed by atoms with Crippen LogP contribution >= 0.6 is 11.3 Å². The van der Waals surface area contributed by atoms with Gasteiger partial charge in [0.05, 0.1) is 17.8 Å². The summed E-state index contributed by atoms with van der Waals surface area (Å²) in [7, 11) is 0. The van der Waals surface area contributed by atoms with Crippen molar-refractivity contribution in [2.45, 2.75) is 34.1 Å². The molecule has 0 saturated carbocycles. The molecule has 1 aromatic rings. The van der Waals surface area contributed by atoms with Crippen molar-refractivity contribution in [3.63, 3.8) is 0 Å². The van der Waals surface area contributed by atoms with Crippen LogP contribution in [0.25, 0.3) is 5.57 Å². The summed E-state index contributed by atoms with van der Waals surface area (Å²) in [6, 6.07) is 0. The fraction of sp³-hybridized carbons (Fsp3) is 0.571. The van der Waals surface area contributed by atoms with E-state index < -0.39 is 0 Å². The van der Waals surface area contributed by atoms with Crippen molar-refractivity contribution >= 4 is 22.7 Å². The normalized spacial score (nSPS) is 16.1. The minimum Gasteiger partial charge on any atom is -0.510 e. The molecule has 1 aliphatic rings. The van der Waals surface area contributed by atoms with Crippen LogP contribution in [0.15, 0.2) is 5.76 Å². The first-order valence-electron chi connectivity index (χ1n) is 6.60. The summed E-state index contributed by atoms with van der Waals surface area (Å²) in [5.41, 5.74) is 1.60. The number of aryl methyl sites for hydroxylation is 2. The third-order valence-corrected chi connectivity index (χ3v) is 4.49. The molecule has 0 bridgehead atoms. The highest BCUT2D eigenvalue weighted by Crippen LogP contribution is 2.31. The molecule has 2 rings (SSSR count). The van der Waals surface area contributed by atoms with Gasteiger partial charge < -0.3 is 10.0 Å². The molecule has 0 spiro atoms. The van der Waals surface area contributed by atoms with E-state index in [0.717, 1.165) is 28.5 Å².